The minimum absolute atomic E-state index is 0.140. The molecule has 1 rings (SSSR count). The Morgan fingerprint density at radius 3 is 2.55 bits per heavy atom. The van der Waals surface area contributed by atoms with Gasteiger partial charge in [-0.2, -0.15) is 0 Å². The summed E-state index contributed by atoms with van der Waals surface area (Å²) in [7, 11) is 0. The molecule has 0 unspecified atom stereocenters. The topological polar surface area (TPSA) is 115 Å². The maximum atomic E-state index is 12.0. The zero-order chi connectivity index (χ0) is 16.7. The van der Waals surface area contributed by atoms with Crippen molar-refractivity contribution in [2.75, 3.05) is 30.3 Å². The Bertz CT molecular complexity index is 590. The third-order valence-corrected chi connectivity index (χ3v) is 2.69. The van der Waals surface area contributed by atoms with E-state index in [0.717, 1.165) is 0 Å². The number of hydrogen-bond donors (Lipinski definition) is 2. The Balaban J connectivity index is 3.28. The number of rotatable bonds is 8. The summed E-state index contributed by atoms with van der Waals surface area (Å²) in [6.07, 6.45) is 3.26. The highest BCUT2D eigenvalue weighted by atomic mass is 16.5. The van der Waals surface area contributed by atoms with Crippen molar-refractivity contribution < 1.29 is 14.3 Å². The van der Waals surface area contributed by atoms with E-state index in [1.54, 1.807) is 24.0 Å². The van der Waals surface area contributed by atoms with E-state index in [1.807, 2.05) is 0 Å². The van der Waals surface area contributed by atoms with Crippen molar-refractivity contribution in [3.05, 3.63) is 42.4 Å². The van der Waals surface area contributed by atoms with E-state index in [4.69, 9.17) is 5.73 Å². The van der Waals surface area contributed by atoms with E-state index in [0.29, 0.717) is 13.1 Å². The van der Waals surface area contributed by atoms with Crippen LogP contribution in [-0.2, 0) is 4.79 Å². The normalized spacial score (nSPS) is 9.86. The number of ketones is 1. The number of nitrogen functional groups attached to an aromatic ring is 1. The van der Waals surface area contributed by atoms with Crippen LogP contribution in [0.4, 0.5) is 11.6 Å². The molecule has 0 spiro atoms. The summed E-state index contributed by atoms with van der Waals surface area (Å²) >= 11 is 0. The van der Waals surface area contributed by atoms with Crippen LogP contribution in [0.2, 0.25) is 0 Å². The van der Waals surface area contributed by atoms with Crippen molar-refractivity contribution in [2.45, 2.75) is 6.92 Å². The summed E-state index contributed by atoms with van der Waals surface area (Å²) in [6, 6.07) is 1.33. The number of amides is 1. The third kappa shape index (κ3) is 3.81. The molecule has 118 valence electrons. The number of Topliss-reactive ketones (excluding diaryl/α,β-unsaturated/α-hetero) is 1. The Morgan fingerprint density at radius 2 is 2.05 bits per heavy atom. The van der Waals surface area contributed by atoms with Crippen molar-refractivity contribution in [1.82, 2.24) is 10.3 Å². The molecule has 1 heterocycles. The zero-order valence-corrected chi connectivity index (χ0v) is 12.4. The summed E-state index contributed by atoms with van der Waals surface area (Å²) < 4.78 is 0.140. The molecule has 0 radical (unpaired) electrons. The van der Waals surface area contributed by atoms with E-state index in [9.17, 15) is 14.8 Å². The van der Waals surface area contributed by atoms with Crippen LogP contribution < -0.4 is 20.7 Å². The lowest BCUT2D eigenvalue weighted by Gasteiger charge is -2.20. The standard InChI is InChI=1S/C14H19N5O3/c1-4-7-18(8-5-2)11-9-10(15)19(22)13(17-11)12(20)14(21)16-6-3/h4-5,9H,1-2,6-8,15H2,3H3,(H,16,21). The molecule has 0 atom stereocenters. The molecule has 0 aromatic carbocycles. The molecule has 8 nitrogen and oxygen atoms in total. The van der Waals surface area contributed by atoms with Gasteiger partial charge in [0, 0.05) is 19.6 Å². The van der Waals surface area contributed by atoms with Crippen molar-refractivity contribution in [1.29, 1.82) is 0 Å². The Hall–Kier alpha value is -2.90. The Kier molecular flexibility index (Phi) is 6.06. The Morgan fingerprint density at radius 1 is 1.45 bits per heavy atom. The first-order valence-electron chi connectivity index (χ1n) is 6.65. The predicted octanol–water partition coefficient (Wildman–Crippen LogP) is -0.206. The van der Waals surface area contributed by atoms with Gasteiger partial charge < -0.3 is 21.2 Å². The Labute approximate surface area is 128 Å². The molecule has 22 heavy (non-hydrogen) atoms. The maximum absolute atomic E-state index is 12.0. The van der Waals surface area contributed by atoms with Gasteiger partial charge in [-0.25, -0.2) is 4.73 Å². The fourth-order valence-electron chi connectivity index (χ4n) is 1.72. The van der Waals surface area contributed by atoms with Crippen LogP contribution in [0.3, 0.4) is 0 Å². The molecule has 3 N–H and O–H groups in total. The van der Waals surface area contributed by atoms with Gasteiger partial charge in [-0.05, 0) is 6.92 Å². The predicted molar refractivity (Wildman–Crippen MR) is 83.2 cm³/mol. The third-order valence-electron chi connectivity index (χ3n) is 2.69. The first kappa shape index (κ1) is 17.2. The highest BCUT2D eigenvalue weighted by Gasteiger charge is 2.27. The average molecular weight is 305 g/mol. The molecule has 0 saturated carbocycles. The molecule has 0 saturated heterocycles. The molecular formula is C14H19N5O3. The number of likely N-dealkylation sites (N-methyl/N-ethyl adjacent to an activating group) is 1. The average Bonchev–Trinajstić information content (AvgIpc) is 2.49. The summed E-state index contributed by atoms with van der Waals surface area (Å²) in [4.78, 5) is 29.3. The van der Waals surface area contributed by atoms with E-state index in [1.165, 1.54) is 6.07 Å². The van der Waals surface area contributed by atoms with Crippen molar-refractivity contribution in [3.63, 3.8) is 0 Å². The van der Waals surface area contributed by atoms with Gasteiger partial charge in [0.2, 0.25) is 11.6 Å². The zero-order valence-electron chi connectivity index (χ0n) is 12.4. The maximum Gasteiger partial charge on any atom is 0.319 e. The fourth-order valence-corrected chi connectivity index (χ4v) is 1.72. The van der Waals surface area contributed by atoms with Gasteiger partial charge in [0.15, 0.2) is 0 Å². The molecule has 0 bridgehead atoms. The lowest BCUT2D eigenvalue weighted by Crippen LogP contribution is -2.44. The molecule has 0 fully saturated rings. The van der Waals surface area contributed by atoms with Crippen LogP contribution in [-0.4, -0.2) is 36.3 Å². The van der Waals surface area contributed by atoms with Crippen LogP contribution in [0.1, 0.15) is 17.5 Å². The second-order valence-electron chi connectivity index (χ2n) is 4.33. The van der Waals surface area contributed by atoms with E-state index >= 15 is 0 Å². The first-order valence-corrected chi connectivity index (χ1v) is 6.65. The smallest absolute Gasteiger partial charge is 0.319 e. The van der Waals surface area contributed by atoms with Gasteiger partial charge >= 0.3 is 11.6 Å². The number of carbonyl (C=O) groups is 2. The molecule has 0 aliphatic rings. The van der Waals surface area contributed by atoms with Crippen LogP contribution in [0.25, 0.3) is 0 Å². The first-order chi connectivity index (χ1) is 10.5. The molecule has 1 amide bonds. The lowest BCUT2D eigenvalue weighted by atomic mass is 10.3. The second-order valence-corrected chi connectivity index (χ2v) is 4.33. The number of nitrogens with one attached hydrogen (secondary N) is 1. The number of hydrogen-bond acceptors (Lipinski definition) is 6. The SMILES string of the molecule is C=CCN(CC=C)c1cc(N)[n+]([O-])c(C(=O)C(=O)NCC)n1. The van der Waals surface area contributed by atoms with Gasteiger partial charge in [-0.1, -0.05) is 17.1 Å². The van der Waals surface area contributed by atoms with Gasteiger partial charge in [0.1, 0.15) is 0 Å². The van der Waals surface area contributed by atoms with E-state index < -0.39 is 17.5 Å². The number of nitrogens with zero attached hydrogens (tertiary/aromatic N) is 3. The summed E-state index contributed by atoms with van der Waals surface area (Å²) in [5, 5.41) is 14.2. The number of carbonyl (C=O) groups excluding carboxylic acids is 2. The molecule has 0 aliphatic heterocycles. The van der Waals surface area contributed by atoms with Crippen LogP contribution >= 0.6 is 0 Å². The quantitative estimate of drug-likeness (QED) is 0.226. The van der Waals surface area contributed by atoms with Gasteiger partial charge in [0.25, 0.3) is 5.91 Å². The van der Waals surface area contributed by atoms with Crippen LogP contribution in [0, 0.1) is 5.21 Å². The molecule has 1 aromatic heterocycles. The van der Waals surface area contributed by atoms with Crippen molar-refractivity contribution in [3.8, 4) is 0 Å². The fraction of sp³-hybridized carbons (Fsp3) is 0.286. The second kappa shape index (κ2) is 7.77. The van der Waals surface area contributed by atoms with Crippen LogP contribution in [0.15, 0.2) is 31.4 Å². The van der Waals surface area contributed by atoms with Crippen molar-refractivity contribution >= 4 is 23.3 Å². The lowest BCUT2D eigenvalue weighted by molar-refractivity contribution is -0.595. The summed E-state index contributed by atoms with van der Waals surface area (Å²) in [5.74, 6) is -2.45. The highest BCUT2D eigenvalue weighted by molar-refractivity contribution is 6.41. The van der Waals surface area contributed by atoms with Gasteiger partial charge in [-0.3, -0.25) is 9.59 Å². The van der Waals surface area contributed by atoms with Crippen LogP contribution in [0.5, 0.6) is 0 Å². The number of aromatic nitrogens is 2. The van der Waals surface area contributed by atoms with E-state index in [2.05, 4.69) is 23.5 Å². The number of anilines is 2. The minimum Gasteiger partial charge on any atom is -0.740 e. The number of nitrogens with two attached hydrogens (primary N) is 1. The van der Waals surface area contributed by atoms with Gasteiger partial charge in [-0.15, -0.1) is 13.2 Å². The highest BCUT2D eigenvalue weighted by Crippen LogP contribution is 2.13. The monoisotopic (exact) mass is 305 g/mol. The summed E-state index contributed by atoms with van der Waals surface area (Å²) in [5.41, 5.74) is 5.61. The largest absolute Gasteiger partial charge is 0.740 e. The summed E-state index contributed by atoms with van der Waals surface area (Å²) in [6.45, 7) is 10.00. The molecule has 0 aliphatic carbocycles. The van der Waals surface area contributed by atoms with Crippen molar-refractivity contribution in [2.24, 2.45) is 0 Å². The minimum atomic E-state index is -1.04. The molecule has 1 aromatic rings. The van der Waals surface area contributed by atoms with E-state index in [-0.39, 0.29) is 22.9 Å². The molecule has 8 heteroatoms. The molecular weight excluding hydrogens is 286 g/mol. The van der Waals surface area contributed by atoms with Gasteiger partial charge in [0.05, 0.1) is 6.07 Å².